The van der Waals surface area contributed by atoms with Crippen molar-refractivity contribution >= 4 is 76.1 Å². The lowest BCUT2D eigenvalue weighted by Gasteiger charge is -2.09. The summed E-state index contributed by atoms with van der Waals surface area (Å²) >= 11 is 1.73. The maximum absolute atomic E-state index is 6.35. The van der Waals surface area contributed by atoms with Crippen molar-refractivity contribution in [2.75, 3.05) is 0 Å². The largest absolute Gasteiger partial charge is 0.456 e. The van der Waals surface area contributed by atoms with E-state index in [-0.39, 0.29) is 0 Å². The van der Waals surface area contributed by atoms with Crippen molar-refractivity contribution in [3.63, 3.8) is 0 Å². The van der Waals surface area contributed by atoms with Gasteiger partial charge in [0.25, 0.3) is 0 Å². The molecule has 0 bridgehead atoms. The molecule has 0 aliphatic heterocycles. The van der Waals surface area contributed by atoms with E-state index in [1.54, 1.807) is 11.3 Å². The lowest BCUT2D eigenvalue weighted by molar-refractivity contribution is 0.669. The van der Waals surface area contributed by atoms with Gasteiger partial charge >= 0.3 is 0 Å². The van der Waals surface area contributed by atoms with Crippen molar-refractivity contribution in [1.29, 1.82) is 0 Å². The summed E-state index contributed by atoms with van der Waals surface area (Å²) in [6.45, 7) is 0. The zero-order chi connectivity index (χ0) is 29.5. The average Bonchev–Trinajstić information content (AvgIpc) is 3.80. The molecule has 0 saturated heterocycles. The monoisotopic (exact) mass is 592 g/mol. The molecule has 0 aliphatic carbocycles. The highest BCUT2D eigenvalue weighted by Crippen LogP contribution is 2.41. The minimum Gasteiger partial charge on any atom is -0.456 e. The molecule has 0 unspecified atom stereocenters. The minimum absolute atomic E-state index is 0.869. The number of fused-ring (bicyclic) bond motifs is 10. The Labute approximate surface area is 262 Å². The summed E-state index contributed by atoms with van der Waals surface area (Å²) in [6.07, 6.45) is 0. The fourth-order valence-electron chi connectivity index (χ4n) is 6.96. The minimum atomic E-state index is 0.869. The van der Waals surface area contributed by atoms with Crippen LogP contribution in [-0.2, 0) is 0 Å². The molecule has 0 radical (unpaired) electrons. The number of hydrogen-bond acceptors (Lipinski definition) is 3. The molecular weight excluding hydrogens is 569 g/mol. The second kappa shape index (κ2) is 9.39. The van der Waals surface area contributed by atoms with E-state index in [1.807, 2.05) is 6.07 Å². The second-order valence-corrected chi connectivity index (χ2v) is 12.6. The standard InChI is InChI=1S/C41H24N2OS/c1-2-8-25(9-3-1)28-16-20-32-36(24-28)44-35-22-23-37-40(39(32)35)42-41(45-37)27-14-18-29(19-15-27)43-33-13-7-6-12-31(33)38-30-11-5-4-10-26(30)17-21-34(38)43/h1-24H. The lowest BCUT2D eigenvalue weighted by atomic mass is 10.0. The Bertz CT molecular complexity index is 2750. The third kappa shape index (κ3) is 3.67. The van der Waals surface area contributed by atoms with Crippen molar-refractivity contribution in [3.8, 4) is 27.4 Å². The van der Waals surface area contributed by atoms with Crippen molar-refractivity contribution in [3.05, 3.63) is 146 Å². The Morgan fingerprint density at radius 1 is 0.511 bits per heavy atom. The number of hydrogen-bond donors (Lipinski definition) is 0. The quantitative estimate of drug-likeness (QED) is 0.204. The van der Waals surface area contributed by atoms with Crippen molar-refractivity contribution < 1.29 is 4.42 Å². The summed E-state index contributed by atoms with van der Waals surface area (Å²) in [5.41, 5.74) is 9.75. The van der Waals surface area contributed by atoms with Gasteiger partial charge in [-0.1, -0.05) is 84.9 Å². The van der Waals surface area contributed by atoms with Crippen LogP contribution in [0.2, 0.25) is 0 Å². The van der Waals surface area contributed by atoms with Gasteiger partial charge in [-0.05, 0) is 82.6 Å². The van der Waals surface area contributed by atoms with Crippen LogP contribution in [0.15, 0.2) is 150 Å². The lowest BCUT2D eigenvalue weighted by Crippen LogP contribution is -1.93. The van der Waals surface area contributed by atoms with E-state index in [2.05, 4.69) is 144 Å². The van der Waals surface area contributed by atoms with Crippen LogP contribution >= 0.6 is 11.3 Å². The SMILES string of the molecule is c1ccc(-c2ccc3c(c2)oc2ccc4sc(-c5ccc(-n6c7ccccc7c7c8ccccc8ccc76)cc5)nc4c23)cc1. The third-order valence-electron chi connectivity index (χ3n) is 9.04. The Morgan fingerprint density at radius 3 is 2.18 bits per heavy atom. The van der Waals surface area contributed by atoms with E-state index in [9.17, 15) is 0 Å². The van der Waals surface area contributed by atoms with Crippen LogP contribution in [0.5, 0.6) is 0 Å². The molecule has 0 spiro atoms. The summed E-state index contributed by atoms with van der Waals surface area (Å²) in [5.74, 6) is 0. The van der Waals surface area contributed by atoms with Gasteiger partial charge in [-0.3, -0.25) is 0 Å². The van der Waals surface area contributed by atoms with Crippen LogP contribution in [-0.4, -0.2) is 9.55 Å². The first-order chi connectivity index (χ1) is 22.3. The van der Waals surface area contributed by atoms with Crippen LogP contribution in [0, 0.1) is 0 Å². The van der Waals surface area contributed by atoms with E-state index in [4.69, 9.17) is 9.40 Å². The molecule has 45 heavy (non-hydrogen) atoms. The number of thiazole rings is 1. The number of nitrogens with zero attached hydrogens (tertiary/aromatic N) is 2. The normalized spacial score (nSPS) is 12.0. The van der Waals surface area contributed by atoms with Gasteiger partial charge in [0.1, 0.15) is 16.2 Å². The number of benzene rings is 7. The molecule has 0 saturated carbocycles. The summed E-state index contributed by atoms with van der Waals surface area (Å²) in [4.78, 5) is 5.19. The third-order valence-corrected chi connectivity index (χ3v) is 10.1. The molecule has 0 aliphatic rings. The van der Waals surface area contributed by atoms with Gasteiger partial charge in [-0.2, -0.15) is 0 Å². The smallest absolute Gasteiger partial charge is 0.137 e. The molecule has 10 rings (SSSR count). The topological polar surface area (TPSA) is 31.0 Å². The first kappa shape index (κ1) is 24.7. The fourth-order valence-corrected chi connectivity index (χ4v) is 7.94. The Hall–Kier alpha value is -5.71. The van der Waals surface area contributed by atoms with E-state index < -0.39 is 0 Å². The molecule has 0 fully saturated rings. The fraction of sp³-hybridized carbons (Fsp3) is 0. The Morgan fingerprint density at radius 2 is 1.29 bits per heavy atom. The first-order valence-corrected chi connectivity index (χ1v) is 15.9. The van der Waals surface area contributed by atoms with E-state index >= 15 is 0 Å². The molecule has 10 aromatic rings. The van der Waals surface area contributed by atoms with Gasteiger partial charge < -0.3 is 8.98 Å². The van der Waals surface area contributed by atoms with Gasteiger partial charge in [0.05, 0.1) is 26.6 Å². The molecule has 0 amide bonds. The predicted octanol–water partition coefficient (Wildman–Crippen LogP) is 11.8. The highest BCUT2D eigenvalue weighted by Gasteiger charge is 2.17. The van der Waals surface area contributed by atoms with Crippen molar-refractivity contribution in [1.82, 2.24) is 9.55 Å². The van der Waals surface area contributed by atoms with E-state index in [0.717, 1.165) is 54.0 Å². The average molecular weight is 593 g/mol. The van der Waals surface area contributed by atoms with Gasteiger partial charge in [0.15, 0.2) is 0 Å². The number of furan rings is 1. The van der Waals surface area contributed by atoms with Gasteiger partial charge in [-0.15, -0.1) is 11.3 Å². The van der Waals surface area contributed by atoms with E-state index in [1.165, 1.54) is 38.1 Å². The Balaban J connectivity index is 1.09. The summed E-state index contributed by atoms with van der Waals surface area (Å²) in [5, 5.41) is 8.30. The van der Waals surface area contributed by atoms with Crippen LogP contribution < -0.4 is 0 Å². The van der Waals surface area contributed by atoms with Gasteiger partial charge in [0, 0.05) is 27.4 Å². The maximum atomic E-state index is 6.35. The second-order valence-electron chi connectivity index (χ2n) is 11.6. The molecule has 3 nitrogen and oxygen atoms in total. The molecule has 3 heterocycles. The summed E-state index contributed by atoms with van der Waals surface area (Å²) in [7, 11) is 0. The number of rotatable bonds is 3. The molecule has 4 heteroatoms. The van der Waals surface area contributed by atoms with Gasteiger partial charge in [-0.25, -0.2) is 4.98 Å². The van der Waals surface area contributed by atoms with Crippen LogP contribution in [0.1, 0.15) is 0 Å². The van der Waals surface area contributed by atoms with Crippen LogP contribution in [0.25, 0.3) is 92.1 Å². The van der Waals surface area contributed by atoms with E-state index in [0.29, 0.717) is 0 Å². The van der Waals surface area contributed by atoms with Crippen molar-refractivity contribution in [2.45, 2.75) is 0 Å². The van der Waals surface area contributed by atoms with Crippen LogP contribution in [0.4, 0.5) is 0 Å². The number of para-hydroxylation sites is 1. The van der Waals surface area contributed by atoms with Crippen LogP contribution in [0.3, 0.4) is 0 Å². The summed E-state index contributed by atoms with van der Waals surface area (Å²) < 4.78 is 9.89. The molecule has 210 valence electrons. The maximum Gasteiger partial charge on any atom is 0.137 e. The predicted molar refractivity (Wildman–Crippen MR) is 190 cm³/mol. The highest BCUT2D eigenvalue weighted by atomic mass is 32.1. The highest BCUT2D eigenvalue weighted by molar-refractivity contribution is 7.21. The van der Waals surface area contributed by atoms with Gasteiger partial charge in [0.2, 0.25) is 0 Å². The molecule has 0 N–H and O–H groups in total. The molecule has 0 atom stereocenters. The molecule has 3 aromatic heterocycles. The van der Waals surface area contributed by atoms with Crippen molar-refractivity contribution in [2.24, 2.45) is 0 Å². The number of aromatic nitrogens is 2. The first-order valence-electron chi connectivity index (χ1n) is 15.1. The molecular formula is C41H24N2OS. The molecule has 7 aromatic carbocycles. The summed E-state index contributed by atoms with van der Waals surface area (Å²) in [6, 6.07) is 51.8. The zero-order valence-electron chi connectivity index (χ0n) is 24.1. The Kier molecular flexibility index (Phi) is 5.16. The zero-order valence-corrected chi connectivity index (χ0v) is 24.9.